The number of nitrogens with zero attached hydrogens (tertiary/aromatic N) is 2. The fourth-order valence-corrected chi connectivity index (χ4v) is 4.91. The normalized spacial score (nSPS) is 13.1. The first kappa shape index (κ1) is 28.9. The van der Waals surface area contributed by atoms with Gasteiger partial charge in [-0.2, -0.15) is 0 Å². The Bertz CT molecular complexity index is 1120. The highest BCUT2D eigenvalue weighted by Gasteiger charge is 2.32. The number of nitrogens with one attached hydrogen (secondary N) is 1. The Morgan fingerprint density at radius 2 is 1.57 bits per heavy atom. The van der Waals surface area contributed by atoms with Crippen LogP contribution in [0.4, 0.5) is 5.69 Å². The Morgan fingerprint density at radius 3 is 2.06 bits per heavy atom. The minimum atomic E-state index is -3.79. The molecular weight excluding hydrogens is 509 g/mol. The van der Waals surface area contributed by atoms with Crippen molar-refractivity contribution in [1.29, 1.82) is 0 Å². The molecular formula is C25H33Cl2N3O4S. The van der Waals surface area contributed by atoms with Gasteiger partial charge < -0.3 is 10.2 Å². The van der Waals surface area contributed by atoms with E-state index in [4.69, 9.17) is 23.2 Å². The Kier molecular flexibility index (Phi) is 10.4. The second-order valence-electron chi connectivity index (χ2n) is 8.57. The lowest BCUT2D eigenvalue weighted by Gasteiger charge is -2.33. The molecule has 0 fully saturated rings. The zero-order chi connectivity index (χ0) is 26.3. The zero-order valence-electron chi connectivity index (χ0n) is 20.7. The third kappa shape index (κ3) is 7.85. The van der Waals surface area contributed by atoms with Crippen molar-refractivity contribution in [2.24, 2.45) is 0 Å². The van der Waals surface area contributed by atoms with Gasteiger partial charge in [0.05, 0.1) is 11.9 Å². The van der Waals surface area contributed by atoms with Crippen molar-refractivity contribution < 1.29 is 18.0 Å². The molecule has 2 amide bonds. The van der Waals surface area contributed by atoms with E-state index in [1.165, 1.54) is 4.90 Å². The van der Waals surface area contributed by atoms with Crippen LogP contribution in [0, 0.1) is 6.92 Å². The minimum absolute atomic E-state index is 0.0464. The number of halogens is 2. The van der Waals surface area contributed by atoms with Crippen LogP contribution in [0.15, 0.2) is 42.5 Å². The molecule has 0 aliphatic heterocycles. The molecule has 35 heavy (non-hydrogen) atoms. The molecule has 0 aliphatic carbocycles. The molecule has 2 aromatic carbocycles. The molecule has 0 aliphatic rings. The third-order valence-corrected chi connectivity index (χ3v) is 7.63. The molecule has 7 nitrogen and oxygen atoms in total. The van der Waals surface area contributed by atoms with Crippen LogP contribution in [-0.2, 0) is 26.2 Å². The van der Waals surface area contributed by atoms with Crippen LogP contribution in [0.25, 0.3) is 0 Å². The van der Waals surface area contributed by atoms with Crippen LogP contribution < -0.4 is 9.62 Å². The van der Waals surface area contributed by atoms with Gasteiger partial charge in [-0.25, -0.2) is 8.42 Å². The first-order chi connectivity index (χ1) is 16.4. The van der Waals surface area contributed by atoms with Crippen molar-refractivity contribution in [1.82, 2.24) is 10.2 Å². The van der Waals surface area contributed by atoms with E-state index < -0.39 is 28.5 Å². The minimum Gasteiger partial charge on any atom is -0.352 e. The predicted molar refractivity (Wildman–Crippen MR) is 142 cm³/mol. The Hall–Kier alpha value is -2.29. The molecule has 2 atom stereocenters. The monoisotopic (exact) mass is 541 g/mol. The number of rotatable bonds is 11. The quantitative estimate of drug-likeness (QED) is 0.443. The summed E-state index contributed by atoms with van der Waals surface area (Å²) in [4.78, 5) is 28.2. The lowest BCUT2D eigenvalue weighted by molar-refractivity contribution is -0.140. The summed E-state index contributed by atoms with van der Waals surface area (Å²) < 4.78 is 26.3. The molecule has 0 aromatic heterocycles. The first-order valence-corrected chi connectivity index (χ1v) is 14.1. The van der Waals surface area contributed by atoms with E-state index in [2.05, 4.69) is 5.32 Å². The van der Waals surface area contributed by atoms with E-state index in [0.717, 1.165) is 22.5 Å². The largest absolute Gasteiger partial charge is 0.352 e. The van der Waals surface area contributed by atoms with Gasteiger partial charge in [-0.3, -0.25) is 13.9 Å². The highest BCUT2D eigenvalue weighted by molar-refractivity contribution is 7.92. The van der Waals surface area contributed by atoms with Gasteiger partial charge in [0.1, 0.15) is 12.6 Å². The van der Waals surface area contributed by atoms with Crippen LogP contribution in [0.3, 0.4) is 0 Å². The van der Waals surface area contributed by atoms with Gasteiger partial charge >= 0.3 is 0 Å². The van der Waals surface area contributed by atoms with Gasteiger partial charge in [0, 0.05) is 28.2 Å². The van der Waals surface area contributed by atoms with E-state index >= 15 is 0 Å². The summed E-state index contributed by atoms with van der Waals surface area (Å²) in [5, 5.41) is 3.63. The molecule has 10 heteroatoms. The number of aryl methyl sites for hydroxylation is 1. The molecule has 0 saturated carbocycles. The summed E-state index contributed by atoms with van der Waals surface area (Å²) in [6, 6.07) is 10.9. The smallest absolute Gasteiger partial charge is 0.244 e. The Labute approximate surface area is 218 Å². The van der Waals surface area contributed by atoms with E-state index in [1.807, 2.05) is 20.8 Å². The van der Waals surface area contributed by atoms with E-state index in [9.17, 15) is 18.0 Å². The highest BCUT2D eigenvalue weighted by atomic mass is 35.5. The lowest BCUT2D eigenvalue weighted by Crippen LogP contribution is -2.53. The summed E-state index contributed by atoms with van der Waals surface area (Å²) in [6.07, 6.45) is 2.09. The molecule has 2 rings (SSSR count). The van der Waals surface area contributed by atoms with Gasteiger partial charge in [0.15, 0.2) is 0 Å². The van der Waals surface area contributed by atoms with E-state index in [1.54, 1.807) is 49.4 Å². The summed E-state index contributed by atoms with van der Waals surface area (Å²) in [7, 11) is -3.79. The van der Waals surface area contributed by atoms with Gasteiger partial charge in [-0.1, -0.05) is 60.8 Å². The number of hydrogen-bond acceptors (Lipinski definition) is 4. The van der Waals surface area contributed by atoms with Gasteiger partial charge in [0.25, 0.3) is 0 Å². The molecule has 0 bridgehead atoms. The number of amides is 2. The van der Waals surface area contributed by atoms with E-state index in [-0.39, 0.29) is 18.5 Å². The summed E-state index contributed by atoms with van der Waals surface area (Å²) >= 11 is 12.7. The Balaban J connectivity index is 2.49. The standard InChI is InChI=1S/C25H33Cl2N3O4S/c1-6-18(4)28-25(32)23(7-2)29(15-20-21(26)9-8-10-22(20)27)24(31)16-30(35(5,33)34)19-13-11-17(3)12-14-19/h8-14,18,23H,6-7,15-16H2,1-5H3,(H,28,32)/t18-,23+/m0/s1. The van der Waals surface area contributed by atoms with Crippen LogP contribution >= 0.6 is 23.2 Å². The molecule has 0 heterocycles. The van der Waals surface area contributed by atoms with Crippen molar-refractivity contribution in [3.63, 3.8) is 0 Å². The van der Waals surface area contributed by atoms with Crippen molar-refractivity contribution >= 4 is 50.7 Å². The van der Waals surface area contributed by atoms with Gasteiger partial charge in [-0.15, -0.1) is 0 Å². The molecule has 0 spiro atoms. The number of carbonyl (C=O) groups is 2. The second kappa shape index (κ2) is 12.6. The van der Waals surface area contributed by atoms with E-state index in [0.29, 0.717) is 27.7 Å². The van der Waals surface area contributed by atoms with Gasteiger partial charge in [0.2, 0.25) is 21.8 Å². The molecule has 192 valence electrons. The number of anilines is 1. The summed E-state index contributed by atoms with van der Waals surface area (Å²) in [5.74, 6) is -0.863. The van der Waals surface area contributed by atoms with Crippen molar-refractivity contribution in [3.05, 3.63) is 63.6 Å². The van der Waals surface area contributed by atoms with Crippen molar-refractivity contribution in [2.75, 3.05) is 17.1 Å². The SMILES string of the molecule is CC[C@H](C(=O)N[C@@H](C)CC)N(Cc1c(Cl)cccc1Cl)C(=O)CN(c1ccc(C)cc1)S(C)(=O)=O. The Morgan fingerprint density at radius 1 is 1.00 bits per heavy atom. The fraction of sp³-hybridized carbons (Fsp3) is 0.440. The maximum atomic E-state index is 13.7. The number of carbonyl (C=O) groups excluding carboxylic acids is 2. The molecule has 0 saturated heterocycles. The molecule has 1 N–H and O–H groups in total. The van der Waals surface area contributed by atoms with Crippen molar-refractivity contribution in [2.45, 2.75) is 59.2 Å². The topological polar surface area (TPSA) is 86.8 Å². The lowest BCUT2D eigenvalue weighted by atomic mass is 10.1. The molecule has 2 aromatic rings. The molecule has 0 radical (unpaired) electrons. The molecule has 0 unspecified atom stereocenters. The number of sulfonamides is 1. The second-order valence-corrected chi connectivity index (χ2v) is 11.3. The van der Waals surface area contributed by atoms with Crippen LogP contribution in [0.2, 0.25) is 10.0 Å². The average molecular weight is 543 g/mol. The predicted octanol–water partition coefficient (Wildman–Crippen LogP) is 4.79. The highest BCUT2D eigenvalue weighted by Crippen LogP contribution is 2.27. The number of hydrogen-bond donors (Lipinski definition) is 1. The van der Waals surface area contributed by atoms with Crippen molar-refractivity contribution in [3.8, 4) is 0 Å². The van der Waals surface area contributed by atoms with Crippen LogP contribution in [0.1, 0.15) is 44.7 Å². The average Bonchev–Trinajstić information content (AvgIpc) is 2.78. The first-order valence-electron chi connectivity index (χ1n) is 11.5. The fourth-order valence-electron chi connectivity index (χ4n) is 3.54. The summed E-state index contributed by atoms with van der Waals surface area (Å²) in [5.41, 5.74) is 1.80. The third-order valence-electron chi connectivity index (χ3n) is 5.78. The maximum absolute atomic E-state index is 13.7. The van der Waals surface area contributed by atoms with Crippen LogP contribution in [-0.4, -0.2) is 50.0 Å². The van der Waals surface area contributed by atoms with Gasteiger partial charge in [-0.05, 0) is 51.0 Å². The summed E-state index contributed by atoms with van der Waals surface area (Å²) in [6.45, 7) is 6.99. The maximum Gasteiger partial charge on any atom is 0.244 e. The van der Waals surface area contributed by atoms with Crippen LogP contribution in [0.5, 0.6) is 0 Å². The zero-order valence-corrected chi connectivity index (χ0v) is 23.0. The number of benzene rings is 2.